The van der Waals surface area contributed by atoms with Crippen molar-refractivity contribution in [3.63, 3.8) is 0 Å². The standard InChI is InChI=1S/C12H14N2O3S/c13-9-10-1-3-12(4-2-10)18(16,17)14-7-5-11(15)6-8-14/h1-4,11,15H,5-8H2. The van der Waals surface area contributed by atoms with Crippen molar-refractivity contribution in [1.29, 1.82) is 5.26 Å². The zero-order valence-corrected chi connectivity index (χ0v) is 10.6. The van der Waals surface area contributed by atoms with E-state index in [0.29, 0.717) is 31.5 Å². The molecule has 0 saturated carbocycles. The Kier molecular flexibility index (Phi) is 3.66. The summed E-state index contributed by atoms with van der Waals surface area (Å²) in [4.78, 5) is 0.192. The maximum Gasteiger partial charge on any atom is 0.243 e. The molecule has 1 aromatic carbocycles. The van der Waals surface area contributed by atoms with Gasteiger partial charge in [-0.05, 0) is 37.1 Å². The van der Waals surface area contributed by atoms with Crippen LogP contribution in [0.5, 0.6) is 0 Å². The summed E-state index contributed by atoms with van der Waals surface area (Å²) in [6.07, 6.45) is 0.530. The molecular weight excluding hydrogens is 252 g/mol. The van der Waals surface area contributed by atoms with Gasteiger partial charge in [0.25, 0.3) is 0 Å². The fourth-order valence-electron chi connectivity index (χ4n) is 1.93. The number of aliphatic hydroxyl groups excluding tert-OH is 1. The van der Waals surface area contributed by atoms with Crippen LogP contribution in [0.1, 0.15) is 18.4 Å². The topological polar surface area (TPSA) is 81.4 Å². The molecule has 0 radical (unpaired) electrons. The molecule has 18 heavy (non-hydrogen) atoms. The van der Waals surface area contributed by atoms with Crippen LogP contribution in [-0.2, 0) is 10.0 Å². The Balaban J connectivity index is 2.22. The van der Waals surface area contributed by atoms with Crippen molar-refractivity contribution in [3.05, 3.63) is 29.8 Å². The molecule has 96 valence electrons. The zero-order chi connectivity index (χ0) is 13.2. The van der Waals surface area contributed by atoms with Gasteiger partial charge in [0, 0.05) is 13.1 Å². The number of hydrogen-bond donors (Lipinski definition) is 1. The van der Waals surface area contributed by atoms with Gasteiger partial charge in [0.05, 0.1) is 22.6 Å². The minimum atomic E-state index is -3.50. The summed E-state index contributed by atoms with van der Waals surface area (Å²) in [6.45, 7) is 0.674. The van der Waals surface area contributed by atoms with Crippen LogP contribution < -0.4 is 0 Å². The van der Waals surface area contributed by atoms with E-state index in [-0.39, 0.29) is 4.90 Å². The summed E-state index contributed by atoms with van der Waals surface area (Å²) in [5, 5.41) is 18.0. The molecule has 1 aliphatic rings. The van der Waals surface area contributed by atoms with Crippen LogP contribution in [-0.4, -0.2) is 37.0 Å². The molecule has 0 amide bonds. The van der Waals surface area contributed by atoms with Gasteiger partial charge in [-0.15, -0.1) is 0 Å². The van der Waals surface area contributed by atoms with Crippen molar-refractivity contribution in [2.24, 2.45) is 0 Å². The van der Waals surface area contributed by atoms with Gasteiger partial charge in [0.1, 0.15) is 0 Å². The van der Waals surface area contributed by atoms with Gasteiger partial charge in [-0.25, -0.2) is 8.42 Å². The first-order valence-corrected chi connectivity index (χ1v) is 7.16. The van der Waals surface area contributed by atoms with E-state index in [1.807, 2.05) is 6.07 Å². The molecule has 1 fully saturated rings. The number of nitrogens with zero attached hydrogens (tertiary/aromatic N) is 2. The normalized spacial score (nSPS) is 18.4. The average molecular weight is 266 g/mol. The van der Waals surface area contributed by atoms with Crippen molar-refractivity contribution in [2.45, 2.75) is 23.8 Å². The first kappa shape index (κ1) is 13.0. The van der Waals surface area contributed by atoms with Gasteiger partial charge >= 0.3 is 0 Å². The minimum absolute atomic E-state index is 0.192. The lowest BCUT2D eigenvalue weighted by Crippen LogP contribution is -2.39. The van der Waals surface area contributed by atoms with Gasteiger partial charge in [0.2, 0.25) is 10.0 Å². The molecule has 0 unspecified atom stereocenters. The third kappa shape index (κ3) is 2.53. The predicted molar refractivity (Wildman–Crippen MR) is 65.2 cm³/mol. The van der Waals surface area contributed by atoms with E-state index >= 15 is 0 Å². The van der Waals surface area contributed by atoms with Crippen molar-refractivity contribution >= 4 is 10.0 Å². The Morgan fingerprint density at radius 3 is 2.28 bits per heavy atom. The lowest BCUT2D eigenvalue weighted by Gasteiger charge is -2.28. The molecule has 1 aromatic rings. The number of rotatable bonds is 2. The van der Waals surface area contributed by atoms with Crippen molar-refractivity contribution in [3.8, 4) is 6.07 Å². The maximum absolute atomic E-state index is 12.3. The Labute approximate surface area is 106 Å². The molecule has 0 atom stereocenters. The molecular formula is C12H14N2O3S. The van der Waals surface area contributed by atoms with E-state index in [2.05, 4.69) is 0 Å². The molecule has 1 saturated heterocycles. The summed E-state index contributed by atoms with van der Waals surface area (Å²) in [5.41, 5.74) is 0.433. The van der Waals surface area contributed by atoms with Crippen LogP contribution in [0.15, 0.2) is 29.2 Å². The van der Waals surface area contributed by atoms with E-state index in [9.17, 15) is 13.5 Å². The quantitative estimate of drug-likeness (QED) is 0.854. The maximum atomic E-state index is 12.3. The fraction of sp³-hybridized carbons (Fsp3) is 0.417. The van der Waals surface area contributed by atoms with Crippen LogP contribution in [0.25, 0.3) is 0 Å². The smallest absolute Gasteiger partial charge is 0.243 e. The molecule has 1 N–H and O–H groups in total. The lowest BCUT2D eigenvalue weighted by atomic mass is 10.1. The average Bonchev–Trinajstić information content (AvgIpc) is 2.39. The molecule has 5 nitrogen and oxygen atoms in total. The summed E-state index contributed by atoms with van der Waals surface area (Å²) < 4.78 is 25.9. The molecule has 1 aliphatic heterocycles. The van der Waals surface area contributed by atoms with Crippen molar-refractivity contribution in [2.75, 3.05) is 13.1 Å². The number of benzene rings is 1. The van der Waals surface area contributed by atoms with Gasteiger partial charge in [0.15, 0.2) is 0 Å². The Bertz CT molecular complexity index is 552. The first-order chi connectivity index (χ1) is 8.54. The van der Waals surface area contributed by atoms with Crippen molar-refractivity contribution in [1.82, 2.24) is 4.31 Å². The largest absolute Gasteiger partial charge is 0.393 e. The van der Waals surface area contributed by atoms with E-state index in [1.165, 1.54) is 28.6 Å². The number of nitriles is 1. The summed E-state index contributed by atoms with van der Waals surface area (Å²) in [6, 6.07) is 7.82. The van der Waals surface area contributed by atoms with Gasteiger partial charge < -0.3 is 5.11 Å². The van der Waals surface area contributed by atoms with E-state index in [0.717, 1.165) is 0 Å². The highest BCUT2D eigenvalue weighted by molar-refractivity contribution is 7.89. The number of hydrogen-bond acceptors (Lipinski definition) is 4. The highest BCUT2D eigenvalue weighted by atomic mass is 32.2. The van der Waals surface area contributed by atoms with Gasteiger partial charge in [-0.3, -0.25) is 0 Å². The second kappa shape index (κ2) is 5.06. The summed E-state index contributed by atoms with van der Waals surface area (Å²) >= 11 is 0. The molecule has 6 heteroatoms. The van der Waals surface area contributed by atoms with Crippen LogP contribution in [0, 0.1) is 11.3 Å². The van der Waals surface area contributed by atoms with Gasteiger partial charge in [-0.2, -0.15) is 9.57 Å². The number of sulfonamides is 1. The van der Waals surface area contributed by atoms with Gasteiger partial charge in [-0.1, -0.05) is 0 Å². The zero-order valence-electron chi connectivity index (χ0n) is 9.78. The summed E-state index contributed by atoms with van der Waals surface area (Å²) in [7, 11) is -3.50. The predicted octanol–water partition coefficient (Wildman–Crippen LogP) is 0.704. The van der Waals surface area contributed by atoms with Crippen LogP contribution in [0.4, 0.5) is 0 Å². The number of piperidine rings is 1. The Morgan fingerprint density at radius 1 is 1.22 bits per heavy atom. The molecule has 2 rings (SSSR count). The van der Waals surface area contributed by atoms with E-state index < -0.39 is 16.1 Å². The second-order valence-electron chi connectivity index (χ2n) is 4.27. The van der Waals surface area contributed by atoms with Crippen molar-refractivity contribution < 1.29 is 13.5 Å². The SMILES string of the molecule is N#Cc1ccc(S(=O)(=O)N2CCC(O)CC2)cc1. The van der Waals surface area contributed by atoms with E-state index in [1.54, 1.807) is 0 Å². The Hall–Kier alpha value is -1.42. The molecule has 0 aromatic heterocycles. The number of aliphatic hydroxyl groups is 1. The minimum Gasteiger partial charge on any atom is -0.393 e. The highest BCUT2D eigenvalue weighted by Gasteiger charge is 2.28. The van der Waals surface area contributed by atoms with Crippen LogP contribution in [0.2, 0.25) is 0 Å². The fourth-order valence-corrected chi connectivity index (χ4v) is 3.40. The van der Waals surface area contributed by atoms with E-state index in [4.69, 9.17) is 5.26 Å². The molecule has 1 heterocycles. The third-order valence-corrected chi connectivity index (χ3v) is 4.96. The van der Waals surface area contributed by atoms with Crippen LogP contribution >= 0.6 is 0 Å². The molecule has 0 bridgehead atoms. The molecule has 0 spiro atoms. The monoisotopic (exact) mass is 266 g/mol. The highest BCUT2D eigenvalue weighted by Crippen LogP contribution is 2.20. The summed E-state index contributed by atoms with van der Waals surface area (Å²) in [5.74, 6) is 0. The molecule has 0 aliphatic carbocycles. The first-order valence-electron chi connectivity index (χ1n) is 5.72. The Morgan fingerprint density at radius 2 is 1.78 bits per heavy atom. The van der Waals surface area contributed by atoms with Crippen LogP contribution in [0.3, 0.4) is 0 Å². The lowest BCUT2D eigenvalue weighted by molar-refractivity contribution is 0.113. The third-order valence-electron chi connectivity index (χ3n) is 3.04. The second-order valence-corrected chi connectivity index (χ2v) is 6.21.